The van der Waals surface area contributed by atoms with Crippen molar-refractivity contribution in [1.82, 2.24) is 9.80 Å². The lowest BCUT2D eigenvalue weighted by Gasteiger charge is -2.18. The molecule has 11 heavy (non-hydrogen) atoms. The smallest absolute Gasteiger partial charge is 0.116 e. The summed E-state index contributed by atoms with van der Waals surface area (Å²) in [5, 5.41) is 8.76. The molecule has 0 fully saturated rings. The molecular formula is C8H16N2O. The number of hydrogen-bond acceptors (Lipinski definition) is 3. The summed E-state index contributed by atoms with van der Waals surface area (Å²) in [5.74, 6) is 0. The van der Waals surface area contributed by atoms with Crippen molar-refractivity contribution in [2.75, 3.05) is 19.9 Å². The molecule has 0 unspecified atom stereocenters. The first kappa shape index (κ1) is 8.40. The summed E-state index contributed by atoms with van der Waals surface area (Å²) in [4.78, 5) is 4.08. The van der Waals surface area contributed by atoms with Crippen molar-refractivity contribution >= 4 is 0 Å². The maximum Gasteiger partial charge on any atom is 0.116 e. The molecule has 0 radical (unpaired) electrons. The normalized spacial score (nSPS) is 16.5. The Labute approximate surface area is 67.9 Å². The Hall–Kier alpha value is -0.700. The van der Waals surface area contributed by atoms with Gasteiger partial charge < -0.3 is 14.9 Å². The highest BCUT2D eigenvalue weighted by Crippen LogP contribution is 2.05. The number of aliphatic hydroxyl groups is 1. The van der Waals surface area contributed by atoms with Crippen molar-refractivity contribution in [3.63, 3.8) is 0 Å². The third-order valence-electron chi connectivity index (χ3n) is 1.83. The van der Waals surface area contributed by atoms with Gasteiger partial charge in [-0.15, -0.1) is 0 Å². The van der Waals surface area contributed by atoms with Crippen molar-refractivity contribution in [3.05, 3.63) is 12.4 Å². The number of hydrogen-bond donors (Lipinski definition) is 1. The Morgan fingerprint density at radius 2 is 2.09 bits per heavy atom. The molecule has 1 N–H and O–H groups in total. The van der Waals surface area contributed by atoms with Crippen molar-refractivity contribution in [1.29, 1.82) is 0 Å². The fourth-order valence-electron chi connectivity index (χ4n) is 1.11. The highest BCUT2D eigenvalue weighted by Gasteiger charge is 2.08. The quantitative estimate of drug-likeness (QED) is 0.651. The Kier molecular flexibility index (Phi) is 3.23. The van der Waals surface area contributed by atoms with Crippen LogP contribution in [0.3, 0.4) is 0 Å². The van der Waals surface area contributed by atoms with E-state index in [1.165, 1.54) is 12.8 Å². The molecule has 0 atom stereocenters. The standard InChI is InChI=1S/C8H16N2O/c1-2-3-4-9-5-6-10(7-9)8-11/h5-6,11H,2-4,7-8H2,1H3. The molecule has 1 rings (SSSR count). The molecule has 0 amide bonds. The Balaban J connectivity index is 2.15. The Bertz CT molecular complexity index is 136. The summed E-state index contributed by atoms with van der Waals surface area (Å²) in [6.45, 7) is 4.25. The Morgan fingerprint density at radius 3 is 2.64 bits per heavy atom. The lowest BCUT2D eigenvalue weighted by molar-refractivity contribution is 0.127. The zero-order valence-electron chi connectivity index (χ0n) is 7.03. The van der Waals surface area contributed by atoms with E-state index in [2.05, 4.69) is 11.8 Å². The van der Waals surface area contributed by atoms with Crippen LogP contribution in [0.4, 0.5) is 0 Å². The molecule has 0 aromatic heterocycles. The molecule has 0 aliphatic carbocycles. The summed E-state index contributed by atoms with van der Waals surface area (Å²) in [7, 11) is 0. The van der Waals surface area contributed by atoms with E-state index in [0.717, 1.165) is 13.2 Å². The average Bonchev–Trinajstić information content (AvgIpc) is 2.48. The van der Waals surface area contributed by atoms with Crippen LogP contribution in [0.2, 0.25) is 0 Å². The molecule has 1 heterocycles. The maximum absolute atomic E-state index is 8.76. The van der Waals surface area contributed by atoms with E-state index >= 15 is 0 Å². The van der Waals surface area contributed by atoms with Gasteiger partial charge in [-0.25, -0.2) is 0 Å². The molecule has 3 nitrogen and oxygen atoms in total. The van der Waals surface area contributed by atoms with Gasteiger partial charge in [-0.1, -0.05) is 13.3 Å². The first-order chi connectivity index (χ1) is 5.36. The number of unbranched alkanes of at least 4 members (excludes halogenated alkanes) is 1. The highest BCUT2D eigenvalue weighted by molar-refractivity contribution is 4.88. The number of aliphatic hydroxyl groups excluding tert-OH is 1. The van der Waals surface area contributed by atoms with E-state index in [4.69, 9.17) is 5.11 Å². The molecule has 64 valence electrons. The molecule has 1 aliphatic rings. The summed E-state index contributed by atoms with van der Waals surface area (Å²) in [6, 6.07) is 0. The Morgan fingerprint density at radius 1 is 1.36 bits per heavy atom. The topological polar surface area (TPSA) is 26.7 Å². The fraction of sp³-hybridized carbons (Fsp3) is 0.750. The lowest BCUT2D eigenvalue weighted by atomic mass is 10.3. The maximum atomic E-state index is 8.76. The van der Waals surface area contributed by atoms with Gasteiger partial charge in [0.25, 0.3) is 0 Å². The lowest BCUT2D eigenvalue weighted by Crippen LogP contribution is -2.26. The SMILES string of the molecule is CCCCN1C=CN(CO)C1. The van der Waals surface area contributed by atoms with Crippen LogP contribution in [0.5, 0.6) is 0 Å². The van der Waals surface area contributed by atoms with Crippen LogP contribution in [0.25, 0.3) is 0 Å². The van der Waals surface area contributed by atoms with Gasteiger partial charge in [0.1, 0.15) is 6.73 Å². The molecule has 0 aromatic rings. The van der Waals surface area contributed by atoms with Gasteiger partial charge in [0.2, 0.25) is 0 Å². The van der Waals surface area contributed by atoms with Crippen LogP contribution in [0.1, 0.15) is 19.8 Å². The minimum absolute atomic E-state index is 0.124. The largest absolute Gasteiger partial charge is 0.376 e. The number of nitrogens with zero attached hydrogens (tertiary/aromatic N) is 2. The molecule has 1 aliphatic heterocycles. The first-order valence-corrected chi connectivity index (χ1v) is 4.14. The molecule has 0 saturated carbocycles. The van der Waals surface area contributed by atoms with Crippen LogP contribution >= 0.6 is 0 Å². The van der Waals surface area contributed by atoms with E-state index < -0.39 is 0 Å². The predicted molar refractivity (Wildman–Crippen MR) is 44.5 cm³/mol. The van der Waals surface area contributed by atoms with Crippen molar-refractivity contribution in [2.45, 2.75) is 19.8 Å². The van der Waals surface area contributed by atoms with E-state index in [1.54, 1.807) is 0 Å². The molecule has 0 bridgehead atoms. The summed E-state index contributed by atoms with van der Waals surface area (Å²) in [6.07, 6.45) is 6.41. The molecule has 0 saturated heterocycles. The van der Waals surface area contributed by atoms with Crippen molar-refractivity contribution in [3.8, 4) is 0 Å². The predicted octanol–water partition coefficient (Wildman–Crippen LogP) is 0.783. The van der Waals surface area contributed by atoms with Crippen LogP contribution in [-0.4, -0.2) is 34.9 Å². The average molecular weight is 156 g/mol. The minimum Gasteiger partial charge on any atom is -0.376 e. The van der Waals surface area contributed by atoms with Crippen LogP contribution < -0.4 is 0 Å². The van der Waals surface area contributed by atoms with Crippen LogP contribution in [0, 0.1) is 0 Å². The zero-order chi connectivity index (χ0) is 8.10. The second kappa shape index (κ2) is 4.23. The third kappa shape index (κ3) is 2.42. The molecule has 3 heteroatoms. The van der Waals surface area contributed by atoms with E-state index in [0.29, 0.717) is 0 Å². The van der Waals surface area contributed by atoms with Gasteiger partial charge >= 0.3 is 0 Å². The molecular weight excluding hydrogens is 140 g/mol. The van der Waals surface area contributed by atoms with Gasteiger partial charge in [0.15, 0.2) is 0 Å². The fourth-order valence-corrected chi connectivity index (χ4v) is 1.11. The van der Waals surface area contributed by atoms with E-state index in [-0.39, 0.29) is 6.73 Å². The van der Waals surface area contributed by atoms with Crippen LogP contribution in [0.15, 0.2) is 12.4 Å². The summed E-state index contributed by atoms with van der Waals surface area (Å²) in [5.41, 5.74) is 0. The molecule has 0 spiro atoms. The summed E-state index contributed by atoms with van der Waals surface area (Å²) < 4.78 is 0. The van der Waals surface area contributed by atoms with E-state index in [9.17, 15) is 0 Å². The summed E-state index contributed by atoms with van der Waals surface area (Å²) >= 11 is 0. The monoisotopic (exact) mass is 156 g/mol. The highest BCUT2D eigenvalue weighted by atomic mass is 16.3. The van der Waals surface area contributed by atoms with Gasteiger partial charge in [-0.05, 0) is 6.42 Å². The van der Waals surface area contributed by atoms with Crippen molar-refractivity contribution in [2.24, 2.45) is 0 Å². The second-order valence-corrected chi connectivity index (χ2v) is 2.84. The first-order valence-electron chi connectivity index (χ1n) is 4.14. The van der Waals surface area contributed by atoms with Crippen LogP contribution in [-0.2, 0) is 0 Å². The van der Waals surface area contributed by atoms with Gasteiger partial charge in [-0.2, -0.15) is 0 Å². The van der Waals surface area contributed by atoms with Gasteiger partial charge in [0, 0.05) is 18.9 Å². The number of rotatable bonds is 4. The van der Waals surface area contributed by atoms with Gasteiger partial charge in [0.05, 0.1) is 6.67 Å². The minimum atomic E-state index is 0.124. The zero-order valence-corrected chi connectivity index (χ0v) is 7.03. The van der Waals surface area contributed by atoms with Gasteiger partial charge in [-0.3, -0.25) is 0 Å². The third-order valence-corrected chi connectivity index (χ3v) is 1.83. The molecule has 0 aromatic carbocycles. The van der Waals surface area contributed by atoms with Crippen molar-refractivity contribution < 1.29 is 5.11 Å². The second-order valence-electron chi connectivity index (χ2n) is 2.84. The van der Waals surface area contributed by atoms with E-state index in [1.807, 2.05) is 17.3 Å².